The summed E-state index contributed by atoms with van der Waals surface area (Å²) in [6.45, 7) is 1.88. The van der Waals surface area contributed by atoms with Crippen LogP contribution in [0.25, 0.3) is 11.3 Å². The highest BCUT2D eigenvalue weighted by Crippen LogP contribution is 2.38. The Morgan fingerprint density at radius 3 is 2.82 bits per heavy atom. The Balaban J connectivity index is 1.59. The fourth-order valence-corrected chi connectivity index (χ4v) is 4.46. The normalized spacial score (nSPS) is 14.9. The molecule has 1 aromatic heterocycles. The summed E-state index contributed by atoms with van der Waals surface area (Å²) in [6.07, 6.45) is 0.314. The van der Waals surface area contributed by atoms with Crippen molar-refractivity contribution in [1.82, 2.24) is 9.88 Å². The third kappa shape index (κ3) is 5.04. The largest absolute Gasteiger partial charge is 0.479 e. The second-order valence-electron chi connectivity index (χ2n) is 7.88. The molecule has 3 aromatic rings. The van der Waals surface area contributed by atoms with E-state index in [1.165, 1.54) is 15.4 Å². The highest BCUT2D eigenvalue weighted by Gasteiger charge is 2.33. The van der Waals surface area contributed by atoms with Crippen LogP contribution in [0.15, 0.2) is 53.9 Å². The number of carbonyl (C=O) groups is 2. The molecule has 0 fully saturated rings. The van der Waals surface area contributed by atoms with E-state index in [-0.39, 0.29) is 24.8 Å². The molecule has 168 valence electrons. The minimum Gasteiger partial charge on any atom is -0.479 e. The van der Waals surface area contributed by atoms with E-state index >= 15 is 0 Å². The van der Waals surface area contributed by atoms with E-state index in [1.54, 1.807) is 25.3 Å². The van der Waals surface area contributed by atoms with E-state index in [4.69, 9.17) is 15.0 Å². The van der Waals surface area contributed by atoms with Crippen LogP contribution in [0.3, 0.4) is 0 Å². The predicted octanol–water partition coefficient (Wildman–Crippen LogP) is 3.89. The van der Waals surface area contributed by atoms with Gasteiger partial charge in [-0.1, -0.05) is 30.3 Å². The maximum Gasteiger partial charge on any atom is 0.268 e. The highest BCUT2D eigenvalue weighted by molar-refractivity contribution is 7.10. The molecule has 0 bridgehead atoms. The minimum absolute atomic E-state index is 0.110. The first-order valence-corrected chi connectivity index (χ1v) is 11.6. The van der Waals surface area contributed by atoms with E-state index in [0.29, 0.717) is 18.0 Å². The molecular formula is C25H24N4O3S. The van der Waals surface area contributed by atoms with Crippen molar-refractivity contribution >= 4 is 28.8 Å². The van der Waals surface area contributed by atoms with E-state index in [1.807, 2.05) is 47.8 Å². The van der Waals surface area contributed by atoms with E-state index in [0.717, 1.165) is 22.7 Å². The number of ether oxygens (including phenoxy) is 1. The van der Waals surface area contributed by atoms with Crippen molar-refractivity contribution in [1.29, 1.82) is 5.26 Å². The predicted molar refractivity (Wildman–Crippen MR) is 127 cm³/mol. The van der Waals surface area contributed by atoms with Crippen LogP contribution in [-0.4, -0.2) is 47.9 Å². The van der Waals surface area contributed by atoms with Crippen molar-refractivity contribution in [3.05, 3.63) is 64.5 Å². The number of anilines is 1. The Bertz CT molecular complexity index is 1200. The monoisotopic (exact) mass is 460 g/mol. The molecule has 1 atom stereocenters. The lowest BCUT2D eigenvalue weighted by Crippen LogP contribution is -2.49. The first kappa shape index (κ1) is 22.5. The number of nitriles is 1. The first-order valence-electron chi connectivity index (χ1n) is 10.7. The third-order valence-electron chi connectivity index (χ3n) is 5.49. The van der Waals surface area contributed by atoms with Gasteiger partial charge in [-0.15, -0.1) is 11.3 Å². The second kappa shape index (κ2) is 9.84. The minimum atomic E-state index is -0.683. The zero-order valence-electron chi connectivity index (χ0n) is 18.5. The zero-order chi connectivity index (χ0) is 23.4. The summed E-state index contributed by atoms with van der Waals surface area (Å²) < 4.78 is 5.78. The van der Waals surface area contributed by atoms with Crippen LogP contribution in [0.4, 0.5) is 5.69 Å². The summed E-state index contributed by atoms with van der Waals surface area (Å²) in [5.74, 6) is 0.0469. The number of carbonyl (C=O) groups excluding carboxylic acids is 2. The van der Waals surface area contributed by atoms with Gasteiger partial charge in [0.1, 0.15) is 12.3 Å². The lowest BCUT2D eigenvalue weighted by molar-refractivity contribution is -0.132. The topological polar surface area (TPSA) is 86.5 Å². The van der Waals surface area contributed by atoms with Crippen LogP contribution < -0.4 is 9.64 Å². The molecule has 33 heavy (non-hydrogen) atoms. The van der Waals surface area contributed by atoms with E-state index < -0.39 is 6.10 Å². The summed E-state index contributed by atoms with van der Waals surface area (Å²) in [4.78, 5) is 33.3. The van der Waals surface area contributed by atoms with Gasteiger partial charge in [-0.3, -0.25) is 14.5 Å². The van der Waals surface area contributed by atoms with E-state index in [2.05, 4.69) is 12.1 Å². The van der Waals surface area contributed by atoms with Gasteiger partial charge in [-0.2, -0.15) is 5.26 Å². The van der Waals surface area contributed by atoms with Gasteiger partial charge >= 0.3 is 0 Å². The van der Waals surface area contributed by atoms with Crippen LogP contribution in [0.1, 0.15) is 23.9 Å². The zero-order valence-corrected chi connectivity index (χ0v) is 19.3. The maximum atomic E-state index is 12.9. The number of nitrogens with zero attached hydrogens (tertiary/aromatic N) is 4. The number of fused-ring (bicyclic) bond motifs is 1. The van der Waals surface area contributed by atoms with E-state index in [9.17, 15) is 9.59 Å². The number of aromatic nitrogens is 1. The lowest BCUT2D eigenvalue weighted by Gasteiger charge is -2.33. The number of amides is 2. The molecule has 1 unspecified atom stereocenters. The second-order valence-corrected chi connectivity index (χ2v) is 8.82. The highest BCUT2D eigenvalue weighted by atomic mass is 32.1. The number of hydrogen-bond donors (Lipinski definition) is 0. The SMILES string of the molecule is CC1Oc2ccc(-c3csc(Cc4ccccc4)n3)cc2N(CC(=O)N(C)CCC#N)C1=O. The smallest absolute Gasteiger partial charge is 0.268 e. The molecule has 8 heteroatoms. The van der Waals surface area contributed by atoms with Gasteiger partial charge in [0.15, 0.2) is 6.10 Å². The summed E-state index contributed by atoms with van der Waals surface area (Å²) in [5, 5.41) is 11.8. The summed E-state index contributed by atoms with van der Waals surface area (Å²) in [5.41, 5.74) is 3.42. The molecule has 2 heterocycles. The molecular weight excluding hydrogens is 436 g/mol. The molecule has 2 aromatic carbocycles. The first-order chi connectivity index (χ1) is 16.0. The molecule has 4 rings (SSSR count). The molecule has 0 N–H and O–H groups in total. The van der Waals surface area contributed by atoms with Gasteiger partial charge in [0.25, 0.3) is 5.91 Å². The van der Waals surface area contributed by atoms with Gasteiger partial charge in [0.2, 0.25) is 5.91 Å². The van der Waals surface area contributed by atoms with Gasteiger partial charge < -0.3 is 9.64 Å². The molecule has 2 amide bonds. The van der Waals surface area contributed by atoms with Crippen LogP contribution in [0.2, 0.25) is 0 Å². The molecule has 0 radical (unpaired) electrons. The quantitative estimate of drug-likeness (QED) is 0.534. The standard InChI is InChI=1S/C25H24N4O3S/c1-17-25(31)29(15-24(30)28(2)12-6-11-26)21-14-19(9-10-22(21)32-17)20-16-33-23(27-20)13-18-7-4-3-5-8-18/h3-5,7-10,14,16-17H,6,12-13,15H2,1-2H3. The number of rotatable bonds is 7. The Morgan fingerprint density at radius 1 is 1.27 bits per heavy atom. The maximum absolute atomic E-state index is 12.9. The van der Waals surface area contributed by atoms with Crippen molar-refractivity contribution in [2.45, 2.75) is 25.9 Å². The van der Waals surface area contributed by atoms with Crippen molar-refractivity contribution in [3.63, 3.8) is 0 Å². The average molecular weight is 461 g/mol. The Morgan fingerprint density at radius 2 is 2.06 bits per heavy atom. The average Bonchev–Trinajstić information content (AvgIpc) is 3.29. The molecule has 0 saturated heterocycles. The van der Waals surface area contributed by atoms with Crippen molar-refractivity contribution in [2.75, 3.05) is 25.0 Å². The van der Waals surface area contributed by atoms with Gasteiger partial charge in [-0.25, -0.2) is 4.98 Å². The Kier molecular flexibility index (Phi) is 6.71. The lowest BCUT2D eigenvalue weighted by atomic mass is 10.1. The Labute approximate surface area is 196 Å². The molecule has 0 aliphatic carbocycles. The number of benzene rings is 2. The molecule has 0 spiro atoms. The third-order valence-corrected chi connectivity index (χ3v) is 6.34. The van der Waals surface area contributed by atoms with Crippen molar-refractivity contribution < 1.29 is 14.3 Å². The van der Waals surface area contributed by atoms with Gasteiger partial charge in [0.05, 0.1) is 28.9 Å². The fourth-order valence-electron chi connectivity index (χ4n) is 3.62. The summed E-state index contributed by atoms with van der Waals surface area (Å²) in [7, 11) is 1.63. The number of thiazole rings is 1. The molecule has 1 aliphatic heterocycles. The van der Waals surface area contributed by atoms with Crippen molar-refractivity contribution in [3.8, 4) is 23.1 Å². The van der Waals surface area contributed by atoms with Gasteiger partial charge in [0, 0.05) is 31.0 Å². The van der Waals surface area contributed by atoms with Crippen LogP contribution >= 0.6 is 11.3 Å². The number of hydrogen-bond acceptors (Lipinski definition) is 6. The Hall–Kier alpha value is -3.70. The van der Waals surface area contributed by atoms with Gasteiger partial charge in [-0.05, 0) is 30.7 Å². The molecule has 0 saturated carbocycles. The molecule has 7 nitrogen and oxygen atoms in total. The van der Waals surface area contributed by atoms with Crippen LogP contribution in [0.5, 0.6) is 5.75 Å². The molecule has 1 aliphatic rings. The summed E-state index contributed by atoms with van der Waals surface area (Å²) in [6, 6.07) is 17.8. The number of likely N-dealkylation sites (N-methyl/N-ethyl adjacent to an activating group) is 1. The summed E-state index contributed by atoms with van der Waals surface area (Å²) >= 11 is 1.59. The van der Waals surface area contributed by atoms with Crippen LogP contribution in [0, 0.1) is 11.3 Å². The van der Waals surface area contributed by atoms with Crippen molar-refractivity contribution in [2.24, 2.45) is 0 Å². The fraction of sp³-hybridized carbons (Fsp3) is 0.280. The van der Waals surface area contributed by atoms with Crippen LogP contribution in [-0.2, 0) is 16.0 Å².